The summed E-state index contributed by atoms with van der Waals surface area (Å²) in [7, 11) is -3.62. The predicted molar refractivity (Wildman–Crippen MR) is 105 cm³/mol. The third-order valence-electron chi connectivity index (χ3n) is 4.47. The minimum atomic E-state index is -3.62. The van der Waals surface area contributed by atoms with Gasteiger partial charge in [0.25, 0.3) is 0 Å². The van der Waals surface area contributed by atoms with Crippen LogP contribution in [0.15, 0.2) is 47.4 Å². The number of hydrogen-bond donors (Lipinski definition) is 2. The van der Waals surface area contributed by atoms with Crippen LogP contribution in [0.1, 0.15) is 24.8 Å². The Balaban J connectivity index is 1.70. The first-order chi connectivity index (χ1) is 12.9. The number of halogens is 1. The molecule has 0 aromatic heterocycles. The van der Waals surface area contributed by atoms with E-state index < -0.39 is 10.0 Å². The molecule has 0 radical (unpaired) electrons. The van der Waals surface area contributed by atoms with Crippen LogP contribution >= 0.6 is 11.6 Å². The summed E-state index contributed by atoms with van der Waals surface area (Å²) >= 11 is 5.93. The first kappa shape index (κ1) is 19.7. The Kier molecular flexibility index (Phi) is 6.04. The van der Waals surface area contributed by atoms with Gasteiger partial charge in [0.15, 0.2) is 0 Å². The first-order valence-corrected chi connectivity index (χ1v) is 10.6. The van der Waals surface area contributed by atoms with Crippen molar-refractivity contribution in [1.82, 2.24) is 4.31 Å². The second kappa shape index (κ2) is 8.29. The topological polar surface area (TPSA) is 86.7 Å². The van der Waals surface area contributed by atoms with Crippen LogP contribution in [0.2, 0.25) is 5.02 Å². The molecular formula is C19H21ClN2O4S. The highest BCUT2D eigenvalue weighted by atomic mass is 35.5. The average molecular weight is 409 g/mol. The van der Waals surface area contributed by atoms with E-state index in [0.29, 0.717) is 24.5 Å². The molecule has 0 aliphatic carbocycles. The number of hydrogen-bond acceptors (Lipinski definition) is 4. The maximum absolute atomic E-state index is 12.6. The minimum Gasteiger partial charge on any atom is -0.506 e. The largest absolute Gasteiger partial charge is 0.506 e. The third-order valence-corrected chi connectivity index (χ3v) is 6.60. The number of carbonyl (C=O) groups is 1. The Morgan fingerprint density at radius 2 is 1.89 bits per heavy atom. The number of aromatic hydroxyl groups is 1. The van der Waals surface area contributed by atoms with Crippen LogP contribution < -0.4 is 5.32 Å². The summed E-state index contributed by atoms with van der Waals surface area (Å²) in [5.74, 6) is -0.493. The van der Waals surface area contributed by atoms with E-state index in [-0.39, 0.29) is 28.7 Å². The number of benzene rings is 2. The molecule has 6 nitrogen and oxygen atoms in total. The van der Waals surface area contributed by atoms with E-state index >= 15 is 0 Å². The van der Waals surface area contributed by atoms with Crippen molar-refractivity contribution in [2.45, 2.75) is 30.6 Å². The first-order valence-electron chi connectivity index (χ1n) is 8.74. The lowest BCUT2D eigenvalue weighted by molar-refractivity contribution is -0.116. The van der Waals surface area contributed by atoms with Crippen molar-refractivity contribution in [3.05, 3.63) is 53.1 Å². The fraction of sp³-hybridized carbons (Fsp3) is 0.316. The number of sulfonamides is 1. The molecular weight excluding hydrogens is 388 g/mol. The van der Waals surface area contributed by atoms with Crippen molar-refractivity contribution < 1.29 is 18.3 Å². The lowest BCUT2D eigenvalue weighted by atomic mass is 10.1. The van der Waals surface area contributed by atoms with E-state index in [1.807, 2.05) is 12.1 Å². The number of aryl methyl sites for hydroxylation is 1. The standard InChI is InChI=1S/C19H21ClN2O4S/c20-15-5-3-4-14(12-15)6-9-19(24)21-17-13-16(7-8-18(17)23)27(25,26)22-10-1-2-11-22/h3-5,7-8,12-13,23H,1-2,6,9-11H2,(H,21,24). The molecule has 0 bridgehead atoms. The van der Waals surface area contributed by atoms with E-state index in [2.05, 4.69) is 5.32 Å². The zero-order valence-corrected chi connectivity index (χ0v) is 16.3. The number of amides is 1. The Morgan fingerprint density at radius 3 is 2.59 bits per heavy atom. The van der Waals surface area contributed by atoms with Gasteiger partial charge in [0.2, 0.25) is 15.9 Å². The summed E-state index contributed by atoms with van der Waals surface area (Å²) in [6.45, 7) is 0.981. The van der Waals surface area contributed by atoms with E-state index in [4.69, 9.17) is 11.6 Å². The average Bonchev–Trinajstić information content (AvgIpc) is 3.17. The molecule has 27 heavy (non-hydrogen) atoms. The summed E-state index contributed by atoms with van der Waals surface area (Å²) in [5, 5.41) is 13.2. The van der Waals surface area contributed by atoms with Crippen molar-refractivity contribution >= 4 is 33.2 Å². The highest BCUT2D eigenvalue weighted by Crippen LogP contribution is 2.29. The zero-order chi connectivity index (χ0) is 19.4. The van der Waals surface area contributed by atoms with Crippen LogP contribution in [-0.2, 0) is 21.2 Å². The monoisotopic (exact) mass is 408 g/mol. The third kappa shape index (κ3) is 4.80. The lowest BCUT2D eigenvalue weighted by Crippen LogP contribution is -2.28. The maximum atomic E-state index is 12.6. The molecule has 2 aromatic carbocycles. The number of nitrogens with one attached hydrogen (secondary N) is 1. The van der Waals surface area contributed by atoms with E-state index in [1.165, 1.54) is 22.5 Å². The summed E-state index contributed by atoms with van der Waals surface area (Å²) in [5.41, 5.74) is 1.01. The van der Waals surface area contributed by atoms with Gasteiger partial charge in [-0.15, -0.1) is 0 Å². The fourth-order valence-electron chi connectivity index (χ4n) is 3.02. The van der Waals surface area contributed by atoms with Gasteiger partial charge in [0.1, 0.15) is 5.75 Å². The SMILES string of the molecule is O=C(CCc1cccc(Cl)c1)Nc1cc(S(=O)(=O)N2CCCC2)ccc1O. The molecule has 0 atom stereocenters. The number of anilines is 1. The summed E-state index contributed by atoms with van der Waals surface area (Å²) in [6, 6.07) is 11.2. The molecule has 1 fully saturated rings. The van der Waals surface area contributed by atoms with Crippen LogP contribution in [0.25, 0.3) is 0 Å². The van der Waals surface area contributed by atoms with Gasteiger partial charge in [-0.2, -0.15) is 4.31 Å². The second-order valence-corrected chi connectivity index (χ2v) is 8.84. The molecule has 144 valence electrons. The Morgan fingerprint density at radius 1 is 1.15 bits per heavy atom. The summed E-state index contributed by atoms with van der Waals surface area (Å²) in [6.07, 6.45) is 2.34. The Hall–Kier alpha value is -2.09. The Bertz CT molecular complexity index is 940. The normalized spacial score (nSPS) is 15.0. The van der Waals surface area contributed by atoms with Crippen molar-refractivity contribution in [2.75, 3.05) is 18.4 Å². The van der Waals surface area contributed by atoms with Crippen LogP contribution in [-0.4, -0.2) is 36.8 Å². The van der Waals surface area contributed by atoms with Gasteiger partial charge in [0.05, 0.1) is 10.6 Å². The molecule has 0 saturated carbocycles. The maximum Gasteiger partial charge on any atom is 0.243 e. The molecule has 1 saturated heterocycles. The van der Waals surface area contributed by atoms with Crippen LogP contribution in [0.4, 0.5) is 5.69 Å². The summed E-state index contributed by atoms with van der Waals surface area (Å²) in [4.78, 5) is 12.3. The Labute approximate surface area is 163 Å². The molecule has 0 spiro atoms. The van der Waals surface area contributed by atoms with Gasteiger partial charge in [-0.1, -0.05) is 23.7 Å². The molecule has 1 aliphatic heterocycles. The lowest BCUT2D eigenvalue weighted by Gasteiger charge is -2.16. The van der Waals surface area contributed by atoms with Gasteiger partial charge in [-0.25, -0.2) is 8.42 Å². The molecule has 0 unspecified atom stereocenters. The van der Waals surface area contributed by atoms with Crippen LogP contribution in [0.3, 0.4) is 0 Å². The predicted octanol–water partition coefficient (Wildman–Crippen LogP) is 3.40. The van der Waals surface area contributed by atoms with Gasteiger partial charge in [-0.3, -0.25) is 4.79 Å². The number of phenols is 1. The molecule has 1 heterocycles. The highest BCUT2D eigenvalue weighted by Gasteiger charge is 2.27. The highest BCUT2D eigenvalue weighted by molar-refractivity contribution is 7.89. The van der Waals surface area contributed by atoms with E-state index in [0.717, 1.165) is 18.4 Å². The van der Waals surface area contributed by atoms with Gasteiger partial charge in [0, 0.05) is 24.5 Å². The number of rotatable bonds is 6. The molecule has 8 heteroatoms. The molecule has 2 N–H and O–H groups in total. The van der Waals surface area contributed by atoms with Crippen molar-refractivity contribution in [1.29, 1.82) is 0 Å². The van der Waals surface area contributed by atoms with Gasteiger partial charge >= 0.3 is 0 Å². The second-order valence-electron chi connectivity index (χ2n) is 6.47. The quantitative estimate of drug-likeness (QED) is 0.717. The van der Waals surface area contributed by atoms with Gasteiger partial charge in [-0.05, 0) is 55.2 Å². The number of nitrogens with zero attached hydrogens (tertiary/aromatic N) is 1. The van der Waals surface area contributed by atoms with Crippen molar-refractivity contribution in [2.24, 2.45) is 0 Å². The minimum absolute atomic E-state index is 0.0624. The van der Waals surface area contributed by atoms with Crippen molar-refractivity contribution in [3.8, 4) is 5.75 Å². The van der Waals surface area contributed by atoms with E-state index in [1.54, 1.807) is 12.1 Å². The van der Waals surface area contributed by atoms with Gasteiger partial charge < -0.3 is 10.4 Å². The smallest absolute Gasteiger partial charge is 0.243 e. The van der Waals surface area contributed by atoms with Crippen LogP contribution in [0, 0.1) is 0 Å². The van der Waals surface area contributed by atoms with Crippen molar-refractivity contribution in [3.63, 3.8) is 0 Å². The fourth-order valence-corrected chi connectivity index (χ4v) is 4.77. The molecule has 3 rings (SSSR count). The van der Waals surface area contributed by atoms with E-state index in [9.17, 15) is 18.3 Å². The zero-order valence-electron chi connectivity index (χ0n) is 14.7. The number of phenolic OH excluding ortho intramolecular Hbond substituents is 1. The number of carbonyl (C=O) groups excluding carboxylic acids is 1. The molecule has 1 aliphatic rings. The molecule has 2 aromatic rings. The summed E-state index contributed by atoms with van der Waals surface area (Å²) < 4.78 is 26.7. The molecule has 1 amide bonds. The van der Waals surface area contributed by atoms with Crippen LogP contribution in [0.5, 0.6) is 5.75 Å².